The van der Waals surface area contributed by atoms with Gasteiger partial charge in [0.15, 0.2) is 0 Å². The van der Waals surface area contributed by atoms with Crippen LogP contribution in [0.5, 0.6) is 0 Å². The van der Waals surface area contributed by atoms with Gasteiger partial charge in [0.25, 0.3) is 0 Å². The summed E-state index contributed by atoms with van der Waals surface area (Å²) in [4.78, 5) is 5.70. The van der Waals surface area contributed by atoms with Crippen molar-refractivity contribution in [2.75, 3.05) is 0 Å². The van der Waals surface area contributed by atoms with Crippen LogP contribution in [0, 0.1) is 0 Å². The van der Waals surface area contributed by atoms with E-state index >= 15 is 0 Å². The maximum absolute atomic E-state index is 5.70. The molecule has 15 rings (SSSR count). The maximum Gasteiger partial charge on any atom is 0.140 e. The summed E-state index contributed by atoms with van der Waals surface area (Å²) in [6, 6.07) is 87.2. The quantitative estimate of drug-likeness (QED) is 0.170. The van der Waals surface area contributed by atoms with Crippen LogP contribution in [0.2, 0.25) is 0 Å². The Kier molecular flexibility index (Phi) is 7.78. The van der Waals surface area contributed by atoms with Gasteiger partial charge in [-0.3, -0.25) is 9.13 Å². The van der Waals surface area contributed by atoms with Gasteiger partial charge in [0.2, 0.25) is 0 Å². The first-order chi connectivity index (χ1) is 33.8. The number of aromatic nitrogens is 3. The summed E-state index contributed by atoms with van der Waals surface area (Å²) >= 11 is 0. The van der Waals surface area contributed by atoms with E-state index in [9.17, 15) is 0 Å². The minimum absolute atomic E-state index is 0.867. The van der Waals surface area contributed by atoms with Crippen molar-refractivity contribution in [3.63, 3.8) is 0 Å². The SMILES string of the molecule is c1cc(-n2c3ccccc3c3cc4c(cc32)-c2ccccc2-c2ccccc2-c2ccccc2-4)nc(-n2c3ccccc3c3cc4c(cc32)-c2ccccc2-c2ccccc2-c2ccccc2-4)c1. The number of rotatable bonds is 2. The van der Waals surface area contributed by atoms with Crippen molar-refractivity contribution in [1.82, 2.24) is 14.1 Å². The Labute approximate surface area is 393 Å². The van der Waals surface area contributed by atoms with Crippen LogP contribution < -0.4 is 0 Å². The molecule has 0 radical (unpaired) electrons. The van der Waals surface area contributed by atoms with Gasteiger partial charge in [0, 0.05) is 21.5 Å². The summed E-state index contributed by atoms with van der Waals surface area (Å²) < 4.78 is 4.76. The first-order valence-electron chi connectivity index (χ1n) is 23.5. The van der Waals surface area contributed by atoms with Crippen molar-refractivity contribution in [3.8, 4) is 101 Å². The van der Waals surface area contributed by atoms with Crippen LogP contribution in [0.1, 0.15) is 0 Å². The summed E-state index contributed by atoms with van der Waals surface area (Å²) in [5.41, 5.74) is 24.2. The monoisotopic (exact) mass is 861 g/mol. The van der Waals surface area contributed by atoms with Crippen LogP contribution in [0.4, 0.5) is 0 Å². The Balaban J connectivity index is 0.992. The molecule has 0 spiro atoms. The number of nitrogens with zero attached hydrogens (tertiary/aromatic N) is 3. The van der Waals surface area contributed by atoms with Gasteiger partial charge in [0.1, 0.15) is 11.6 Å². The van der Waals surface area contributed by atoms with E-state index in [0.29, 0.717) is 0 Å². The first-order valence-corrected chi connectivity index (χ1v) is 23.5. The number of pyridine rings is 1. The van der Waals surface area contributed by atoms with Gasteiger partial charge < -0.3 is 0 Å². The Hall–Kier alpha value is -9.05. The first kappa shape index (κ1) is 37.2. The molecule has 68 heavy (non-hydrogen) atoms. The molecule has 10 aromatic carbocycles. The molecule has 2 aliphatic carbocycles. The molecule has 3 heterocycles. The van der Waals surface area contributed by atoms with E-state index in [2.05, 4.69) is 246 Å². The van der Waals surface area contributed by atoms with Gasteiger partial charge in [-0.05, 0) is 138 Å². The highest BCUT2D eigenvalue weighted by molar-refractivity contribution is 6.16. The molecule has 0 bridgehead atoms. The van der Waals surface area contributed by atoms with E-state index in [1.54, 1.807) is 0 Å². The van der Waals surface area contributed by atoms with E-state index < -0.39 is 0 Å². The lowest BCUT2D eigenvalue weighted by Crippen LogP contribution is -2.04. The van der Waals surface area contributed by atoms with Crippen LogP contribution in [-0.2, 0) is 0 Å². The molecule has 0 aliphatic heterocycles. The fraction of sp³-hybridized carbons (Fsp3) is 0. The van der Waals surface area contributed by atoms with Crippen molar-refractivity contribution in [2.45, 2.75) is 0 Å². The molecule has 3 heteroatoms. The predicted molar refractivity (Wildman–Crippen MR) is 284 cm³/mol. The Morgan fingerprint density at radius 1 is 0.191 bits per heavy atom. The van der Waals surface area contributed by atoms with Crippen molar-refractivity contribution < 1.29 is 0 Å². The molecule has 0 amide bonds. The molecule has 0 fully saturated rings. The van der Waals surface area contributed by atoms with E-state index in [0.717, 1.165) is 33.7 Å². The number of hydrogen-bond donors (Lipinski definition) is 0. The molecule has 0 atom stereocenters. The second kappa shape index (κ2) is 14.2. The molecule has 3 aromatic heterocycles. The molecule has 0 unspecified atom stereocenters. The van der Waals surface area contributed by atoms with Gasteiger partial charge in [-0.2, -0.15) is 0 Å². The van der Waals surface area contributed by atoms with E-state index in [1.165, 1.54) is 111 Å². The molecule has 0 saturated heterocycles. The Bertz CT molecular complexity index is 4000. The smallest absolute Gasteiger partial charge is 0.140 e. The van der Waals surface area contributed by atoms with Crippen molar-refractivity contribution in [1.29, 1.82) is 0 Å². The molecule has 13 aromatic rings. The van der Waals surface area contributed by atoms with Crippen LogP contribution in [0.3, 0.4) is 0 Å². The van der Waals surface area contributed by atoms with E-state index in [4.69, 9.17) is 4.98 Å². The van der Waals surface area contributed by atoms with Gasteiger partial charge >= 0.3 is 0 Å². The zero-order chi connectivity index (χ0) is 44.5. The van der Waals surface area contributed by atoms with Gasteiger partial charge in [-0.25, -0.2) is 4.98 Å². The van der Waals surface area contributed by atoms with Gasteiger partial charge in [-0.1, -0.05) is 188 Å². The lowest BCUT2D eigenvalue weighted by Gasteiger charge is -2.23. The predicted octanol–water partition coefficient (Wildman–Crippen LogP) is 17.2. The highest BCUT2D eigenvalue weighted by Gasteiger charge is 2.27. The summed E-state index contributed by atoms with van der Waals surface area (Å²) in [6.45, 7) is 0. The highest BCUT2D eigenvalue weighted by atomic mass is 15.1. The minimum Gasteiger partial charge on any atom is -0.294 e. The number of fused-ring (bicyclic) bond motifs is 22. The van der Waals surface area contributed by atoms with Crippen molar-refractivity contribution in [2.24, 2.45) is 0 Å². The third-order valence-corrected chi connectivity index (χ3v) is 14.7. The molecule has 314 valence electrons. The lowest BCUT2D eigenvalue weighted by atomic mass is 9.80. The number of hydrogen-bond acceptors (Lipinski definition) is 1. The second-order valence-electron chi connectivity index (χ2n) is 18.2. The lowest BCUT2D eigenvalue weighted by molar-refractivity contribution is 1.01. The Morgan fingerprint density at radius 2 is 0.441 bits per heavy atom. The third-order valence-electron chi connectivity index (χ3n) is 14.7. The average Bonchev–Trinajstić information content (AvgIpc) is 3.91. The van der Waals surface area contributed by atoms with Crippen molar-refractivity contribution in [3.05, 3.63) is 237 Å². The van der Waals surface area contributed by atoms with E-state index in [-0.39, 0.29) is 0 Å². The fourth-order valence-corrected chi connectivity index (χ4v) is 11.8. The van der Waals surface area contributed by atoms with Gasteiger partial charge in [-0.15, -0.1) is 0 Å². The summed E-state index contributed by atoms with van der Waals surface area (Å²) in [5, 5.41) is 4.79. The average molecular weight is 862 g/mol. The standard InChI is InChI=1S/C65H39N3/c1-3-20-42-40(18-1)44-22-5-9-26-48(44)54-36-58-52-30-13-15-32-60(52)67(62(58)38-56(54)50-28-11-7-24-46(42)50)64-34-17-35-65(66-64)68-61-33-16-14-31-53(61)59-37-55-49-27-10-6-23-45(49)41-19-2-4-21-43(41)47-25-8-12-29-51(47)57(55)39-63(59)68/h1-39H. The second-order valence-corrected chi connectivity index (χ2v) is 18.2. The topological polar surface area (TPSA) is 22.8 Å². The Morgan fingerprint density at radius 3 is 0.750 bits per heavy atom. The fourth-order valence-electron chi connectivity index (χ4n) is 11.8. The largest absolute Gasteiger partial charge is 0.294 e. The molecule has 0 N–H and O–H groups in total. The normalized spacial score (nSPS) is 12.1. The minimum atomic E-state index is 0.867. The van der Waals surface area contributed by atoms with Crippen LogP contribution in [0.25, 0.3) is 144 Å². The molecule has 0 saturated carbocycles. The maximum atomic E-state index is 5.70. The van der Waals surface area contributed by atoms with Crippen LogP contribution in [0.15, 0.2) is 237 Å². The summed E-state index contributed by atoms with van der Waals surface area (Å²) in [7, 11) is 0. The van der Waals surface area contributed by atoms with Crippen molar-refractivity contribution >= 4 is 43.6 Å². The molecule has 3 nitrogen and oxygen atoms in total. The van der Waals surface area contributed by atoms with Gasteiger partial charge in [0.05, 0.1) is 22.1 Å². The number of benzene rings is 10. The summed E-state index contributed by atoms with van der Waals surface area (Å²) in [6.07, 6.45) is 0. The molecular formula is C65H39N3. The summed E-state index contributed by atoms with van der Waals surface area (Å²) in [5.74, 6) is 1.73. The van der Waals surface area contributed by atoms with Crippen LogP contribution in [-0.4, -0.2) is 14.1 Å². The third kappa shape index (κ3) is 5.21. The van der Waals surface area contributed by atoms with Crippen LogP contribution >= 0.6 is 0 Å². The molecule has 2 aliphatic rings. The molecular weight excluding hydrogens is 823 g/mol. The zero-order valence-electron chi connectivity index (χ0n) is 36.9. The number of para-hydroxylation sites is 2. The van der Waals surface area contributed by atoms with E-state index in [1.807, 2.05) is 0 Å². The zero-order valence-corrected chi connectivity index (χ0v) is 36.9. The highest BCUT2D eigenvalue weighted by Crippen LogP contribution is 2.52.